The molecular formula is C14H17ClN2O2. The average molecular weight is 281 g/mol. The van der Waals surface area contributed by atoms with Crippen LogP contribution in [0.25, 0.3) is 0 Å². The molecule has 0 saturated heterocycles. The molecule has 1 N–H and O–H groups in total. The number of aliphatic hydroxyl groups is 1. The van der Waals surface area contributed by atoms with Crippen molar-refractivity contribution in [3.8, 4) is 5.75 Å². The first-order valence-corrected chi connectivity index (χ1v) is 6.45. The fourth-order valence-electron chi connectivity index (χ4n) is 1.85. The zero-order chi connectivity index (χ0) is 14.0. The molecule has 1 aromatic carbocycles. The van der Waals surface area contributed by atoms with Gasteiger partial charge in [-0.25, -0.2) is 0 Å². The number of halogens is 1. The van der Waals surface area contributed by atoms with E-state index in [1.807, 2.05) is 20.0 Å². The maximum absolute atomic E-state index is 9.48. The van der Waals surface area contributed by atoms with E-state index in [1.165, 1.54) is 0 Å². The Hall–Kier alpha value is -1.52. The second kappa shape index (κ2) is 5.63. The van der Waals surface area contributed by atoms with Crippen molar-refractivity contribution < 1.29 is 9.84 Å². The van der Waals surface area contributed by atoms with Gasteiger partial charge in [0.05, 0.1) is 22.5 Å². The van der Waals surface area contributed by atoms with Crippen LogP contribution < -0.4 is 4.74 Å². The van der Waals surface area contributed by atoms with Gasteiger partial charge in [0.25, 0.3) is 0 Å². The van der Waals surface area contributed by atoms with Crippen molar-refractivity contribution in [1.82, 2.24) is 9.78 Å². The van der Waals surface area contributed by atoms with E-state index in [4.69, 9.17) is 16.3 Å². The van der Waals surface area contributed by atoms with Crippen molar-refractivity contribution in [2.75, 3.05) is 0 Å². The Balaban J connectivity index is 2.10. The van der Waals surface area contributed by atoms with E-state index in [-0.39, 0.29) is 0 Å². The molecule has 4 nitrogen and oxygen atoms in total. The quantitative estimate of drug-likeness (QED) is 0.936. The number of ether oxygens (including phenoxy) is 1. The number of rotatable bonds is 4. The monoisotopic (exact) mass is 280 g/mol. The van der Waals surface area contributed by atoms with Crippen molar-refractivity contribution in [2.45, 2.75) is 26.6 Å². The first kappa shape index (κ1) is 13.9. The second-order valence-electron chi connectivity index (χ2n) is 4.56. The zero-order valence-corrected chi connectivity index (χ0v) is 12.0. The van der Waals surface area contributed by atoms with E-state index >= 15 is 0 Å². The van der Waals surface area contributed by atoms with Gasteiger partial charge in [-0.1, -0.05) is 17.7 Å². The molecule has 1 heterocycles. The lowest BCUT2D eigenvalue weighted by Crippen LogP contribution is -2.03. The minimum atomic E-state index is -0.536. The Morgan fingerprint density at radius 2 is 2.16 bits per heavy atom. The Bertz CT molecular complexity index is 579. The minimum absolute atomic E-state index is 0.408. The Morgan fingerprint density at radius 3 is 2.68 bits per heavy atom. The lowest BCUT2D eigenvalue weighted by molar-refractivity contribution is 0.199. The van der Waals surface area contributed by atoms with Crippen molar-refractivity contribution >= 4 is 11.6 Å². The molecule has 0 fully saturated rings. The van der Waals surface area contributed by atoms with Crippen molar-refractivity contribution in [3.05, 3.63) is 46.2 Å². The maximum atomic E-state index is 9.48. The van der Waals surface area contributed by atoms with Gasteiger partial charge in [-0.2, -0.15) is 5.10 Å². The molecular weight excluding hydrogens is 264 g/mol. The summed E-state index contributed by atoms with van der Waals surface area (Å²) in [6.45, 7) is 4.05. The first-order valence-electron chi connectivity index (χ1n) is 6.07. The fourth-order valence-corrected chi connectivity index (χ4v) is 2.09. The van der Waals surface area contributed by atoms with Crippen molar-refractivity contribution in [2.24, 2.45) is 7.05 Å². The highest BCUT2D eigenvalue weighted by Crippen LogP contribution is 2.28. The summed E-state index contributed by atoms with van der Waals surface area (Å²) in [4.78, 5) is 0. The largest absolute Gasteiger partial charge is 0.486 e. The number of aliphatic hydroxyl groups excluding tert-OH is 1. The van der Waals surface area contributed by atoms with Gasteiger partial charge in [0.15, 0.2) is 0 Å². The molecule has 19 heavy (non-hydrogen) atoms. The number of nitrogens with zero attached hydrogens (tertiary/aromatic N) is 2. The van der Waals surface area contributed by atoms with Crippen LogP contribution >= 0.6 is 11.6 Å². The number of hydrogen-bond donors (Lipinski definition) is 1. The van der Waals surface area contributed by atoms with Gasteiger partial charge < -0.3 is 9.84 Å². The fraction of sp³-hybridized carbons (Fsp3) is 0.357. The standard InChI is InChI=1S/C14H17ClN2O2/c1-9-6-12(17(3)16-9)8-19-14-5-4-11(10(2)18)7-13(14)15/h4-7,10,18H,8H2,1-3H3. The average Bonchev–Trinajstić information content (AvgIpc) is 2.66. The Kier molecular flexibility index (Phi) is 4.12. The summed E-state index contributed by atoms with van der Waals surface area (Å²) in [6, 6.07) is 7.27. The van der Waals surface area contributed by atoms with Crippen LogP contribution in [-0.4, -0.2) is 14.9 Å². The van der Waals surface area contributed by atoms with Gasteiger partial charge in [-0.05, 0) is 37.6 Å². The van der Waals surface area contributed by atoms with E-state index in [2.05, 4.69) is 5.10 Å². The Morgan fingerprint density at radius 1 is 1.42 bits per heavy atom. The van der Waals surface area contributed by atoms with Gasteiger partial charge in [0.1, 0.15) is 12.4 Å². The topological polar surface area (TPSA) is 47.3 Å². The molecule has 2 rings (SSSR count). The van der Waals surface area contributed by atoms with E-state index in [0.717, 1.165) is 17.0 Å². The predicted molar refractivity (Wildman–Crippen MR) is 74.4 cm³/mol. The molecule has 5 heteroatoms. The molecule has 0 aliphatic carbocycles. The van der Waals surface area contributed by atoms with E-state index in [9.17, 15) is 5.11 Å². The predicted octanol–water partition coefficient (Wildman–Crippen LogP) is 3.01. The molecule has 1 aromatic heterocycles. The van der Waals surface area contributed by atoms with Crippen LogP contribution in [0.1, 0.15) is 30.0 Å². The van der Waals surface area contributed by atoms with Gasteiger partial charge in [0.2, 0.25) is 0 Å². The van der Waals surface area contributed by atoms with Crippen LogP contribution in [0.3, 0.4) is 0 Å². The molecule has 0 aliphatic rings. The summed E-state index contributed by atoms with van der Waals surface area (Å²) in [6.07, 6.45) is -0.536. The first-order chi connectivity index (χ1) is 8.97. The third-order valence-electron chi connectivity index (χ3n) is 2.91. The van der Waals surface area contributed by atoms with Gasteiger partial charge in [-0.3, -0.25) is 4.68 Å². The summed E-state index contributed by atoms with van der Waals surface area (Å²) in [5, 5.41) is 14.2. The zero-order valence-electron chi connectivity index (χ0n) is 11.2. The van der Waals surface area contributed by atoms with Crippen LogP contribution in [0.2, 0.25) is 5.02 Å². The van der Waals surface area contributed by atoms with Crippen LogP contribution in [0.4, 0.5) is 0 Å². The molecule has 2 aromatic rings. The molecule has 102 valence electrons. The molecule has 0 radical (unpaired) electrons. The molecule has 1 atom stereocenters. The van der Waals surface area contributed by atoms with Crippen molar-refractivity contribution in [3.63, 3.8) is 0 Å². The highest BCUT2D eigenvalue weighted by atomic mass is 35.5. The van der Waals surface area contributed by atoms with Crippen LogP contribution in [-0.2, 0) is 13.7 Å². The summed E-state index contributed by atoms with van der Waals surface area (Å²) < 4.78 is 7.46. The molecule has 0 aliphatic heterocycles. The van der Waals surface area contributed by atoms with Gasteiger partial charge in [-0.15, -0.1) is 0 Å². The SMILES string of the molecule is Cc1cc(COc2ccc(C(C)O)cc2Cl)n(C)n1. The second-order valence-corrected chi connectivity index (χ2v) is 4.96. The third-order valence-corrected chi connectivity index (χ3v) is 3.21. The van der Waals surface area contributed by atoms with Crippen LogP contribution in [0, 0.1) is 6.92 Å². The number of aryl methyl sites for hydroxylation is 2. The molecule has 1 unspecified atom stereocenters. The summed E-state index contributed by atoms with van der Waals surface area (Å²) >= 11 is 6.13. The highest BCUT2D eigenvalue weighted by Gasteiger charge is 2.08. The number of aromatic nitrogens is 2. The number of benzene rings is 1. The molecule has 0 amide bonds. The van der Waals surface area contributed by atoms with E-state index in [1.54, 1.807) is 29.8 Å². The molecule has 0 saturated carbocycles. The summed E-state index contributed by atoms with van der Waals surface area (Å²) in [5.74, 6) is 0.602. The normalized spacial score (nSPS) is 12.5. The van der Waals surface area contributed by atoms with Gasteiger partial charge in [0, 0.05) is 7.05 Å². The molecule has 0 bridgehead atoms. The van der Waals surface area contributed by atoms with Crippen LogP contribution in [0.15, 0.2) is 24.3 Å². The summed E-state index contributed by atoms with van der Waals surface area (Å²) in [7, 11) is 1.88. The smallest absolute Gasteiger partial charge is 0.138 e. The lowest BCUT2D eigenvalue weighted by atomic mass is 10.1. The maximum Gasteiger partial charge on any atom is 0.138 e. The van der Waals surface area contributed by atoms with Crippen molar-refractivity contribution in [1.29, 1.82) is 0 Å². The lowest BCUT2D eigenvalue weighted by Gasteiger charge is -2.10. The minimum Gasteiger partial charge on any atom is -0.486 e. The van der Waals surface area contributed by atoms with E-state index < -0.39 is 6.10 Å². The Labute approximate surface area is 117 Å². The molecule has 0 spiro atoms. The van der Waals surface area contributed by atoms with E-state index in [0.29, 0.717) is 17.4 Å². The van der Waals surface area contributed by atoms with Gasteiger partial charge >= 0.3 is 0 Å². The highest BCUT2D eigenvalue weighted by molar-refractivity contribution is 6.32. The summed E-state index contributed by atoms with van der Waals surface area (Å²) in [5.41, 5.74) is 2.71. The van der Waals surface area contributed by atoms with Crippen LogP contribution in [0.5, 0.6) is 5.75 Å². The number of hydrogen-bond acceptors (Lipinski definition) is 3. The third kappa shape index (κ3) is 3.28.